The van der Waals surface area contributed by atoms with Gasteiger partial charge in [0, 0.05) is 11.8 Å². The molecule has 2 aromatic carbocycles. The molecule has 0 unspecified atom stereocenters. The monoisotopic (exact) mass is 289 g/mol. The van der Waals surface area contributed by atoms with E-state index in [2.05, 4.69) is 4.99 Å². The van der Waals surface area contributed by atoms with Crippen molar-refractivity contribution in [2.75, 3.05) is 20.3 Å². The fourth-order valence-corrected chi connectivity index (χ4v) is 1.70. The molecule has 1 N–H and O–H groups in total. The summed E-state index contributed by atoms with van der Waals surface area (Å²) in [7, 11) is 1.55. The first-order valence-electron chi connectivity index (χ1n) is 6.45. The normalized spacial score (nSPS) is 10.8. The minimum atomic E-state index is -0.396. The number of aromatic hydroxyl groups is 1. The second kappa shape index (κ2) is 7.28. The molecular formula is C16H16FNO3. The number of phenols is 1. The number of hydrogen-bond acceptors (Lipinski definition) is 4. The van der Waals surface area contributed by atoms with E-state index < -0.39 is 5.82 Å². The Bertz CT molecular complexity index is 629. The zero-order chi connectivity index (χ0) is 15.1. The van der Waals surface area contributed by atoms with Crippen molar-refractivity contribution >= 4 is 6.21 Å². The maximum atomic E-state index is 13.3. The van der Waals surface area contributed by atoms with E-state index in [4.69, 9.17) is 9.47 Å². The molecule has 2 aromatic rings. The summed E-state index contributed by atoms with van der Waals surface area (Å²) in [5.41, 5.74) is 0.556. The van der Waals surface area contributed by atoms with Gasteiger partial charge in [-0.3, -0.25) is 4.99 Å². The second-order valence-corrected chi connectivity index (χ2v) is 4.24. The lowest BCUT2D eigenvalue weighted by molar-refractivity contribution is 0.311. The van der Waals surface area contributed by atoms with Gasteiger partial charge in [-0.25, -0.2) is 4.39 Å². The van der Waals surface area contributed by atoms with E-state index in [0.29, 0.717) is 17.9 Å². The van der Waals surface area contributed by atoms with Gasteiger partial charge in [-0.1, -0.05) is 12.1 Å². The molecule has 0 radical (unpaired) electrons. The van der Waals surface area contributed by atoms with Crippen LogP contribution in [0.4, 0.5) is 4.39 Å². The van der Waals surface area contributed by atoms with E-state index in [9.17, 15) is 9.50 Å². The molecule has 0 aliphatic rings. The van der Waals surface area contributed by atoms with E-state index in [1.54, 1.807) is 37.4 Å². The maximum Gasteiger partial charge on any atom is 0.165 e. The fourth-order valence-electron chi connectivity index (χ4n) is 1.70. The lowest BCUT2D eigenvalue weighted by Crippen LogP contribution is -2.02. The molecule has 0 bridgehead atoms. The molecule has 0 fully saturated rings. The Morgan fingerprint density at radius 1 is 1.24 bits per heavy atom. The van der Waals surface area contributed by atoms with Gasteiger partial charge in [-0.15, -0.1) is 0 Å². The van der Waals surface area contributed by atoms with Crippen molar-refractivity contribution in [2.45, 2.75) is 0 Å². The molecule has 4 nitrogen and oxygen atoms in total. The molecule has 0 aliphatic heterocycles. The van der Waals surface area contributed by atoms with Crippen LogP contribution >= 0.6 is 0 Å². The fraction of sp³-hybridized carbons (Fsp3) is 0.188. The third kappa shape index (κ3) is 4.21. The van der Waals surface area contributed by atoms with E-state index >= 15 is 0 Å². The molecule has 0 spiro atoms. The number of hydrogen-bond donors (Lipinski definition) is 1. The Kier molecular flexibility index (Phi) is 5.15. The number of methoxy groups -OCH3 is 1. The highest BCUT2D eigenvalue weighted by molar-refractivity contribution is 5.84. The molecule has 21 heavy (non-hydrogen) atoms. The van der Waals surface area contributed by atoms with Crippen LogP contribution in [0.2, 0.25) is 0 Å². The SMILES string of the molecule is COc1ccc(O)c(C=NCCOc2ccccc2F)c1. The lowest BCUT2D eigenvalue weighted by atomic mass is 10.2. The van der Waals surface area contributed by atoms with E-state index in [0.717, 1.165) is 0 Å². The van der Waals surface area contributed by atoms with Crippen molar-refractivity contribution in [1.29, 1.82) is 0 Å². The largest absolute Gasteiger partial charge is 0.507 e. The van der Waals surface area contributed by atoms with Gasteiger partial charge < -0.3 is 14.6 Å². The topological polar surface area (TPSA) is 51.0 Å². The molecule has 0 heterocycles. The number of nitrogens with zero attached hydrogens (tertiary/aromatic N) is 1. The van der Waals surface area contributed by atoms with Crippen LogP contribution in [0.3, 0.4) is 0 Å². The van der Waals surface area contributed by atoms with Gasteiger partial charge in [-0.2, -0.15) is 0 Å². The summed E-state index contributed by atoms with van der Waals surface area (Å²) in [6, 6.07) is 11.1. The van der Waals surface area contributed by atoms with Crippen LogP contribution in [0.1, 0.15) is 5.56 Å². The first-order chi connectivity index (χ1) is 10.2. The number of para-hydroxylation sites is 1. The minimum absolute atomic E-state index is 0.120. The summed E-state index contributed by atoms with van der Waals surface area (Å²) in [5, 5.41) is 9.67. The Balaban J connectivity index is 1.87. The van der Waals surface area contributed by atoms with E-state index in [-0.39, 0.29) is 18.1 Å². The molecule has 0 atom stereocenters. The summed E-state index contributed by atoms with van der Waals surface area (Å²) in [4.78, 5) is 4.13. The number of halogens is 1. The quantitative estimate of drug-likeness (QED) is 0.657. The number of phenolic OH excluding ortho intramolecular Hbond substituents is 1. The summed E-state index contributed by atoms with van der Waals surface area (Å²) >= 11 is 0. The van der Waals surface area contributed by atoms with Crippen molar-refractivity contribution < 1.29 is 19.0 Å². The zero-order valence-electron chi connectivity index (χ0n) is 11.6. The highest BCUT2D eigenvalue weighted by Crippen LogP contribution is 2.21. The van der Waals surface area contributed by atoms with Crippen molar-refractivity contribution in [1.82, 2.24) is 0 Å². The molecule has 2 rings (SSSR count). The van der Waals surface area contributed by atoms with Gasteiger partial charge in [-0.05, 0) is 30.3 Å². The summed E-state index contributed by atoms with van der Waals surface area (Å²) < 4.78 is 23.6. The van der Waals surface area contributed by atoms with Crippen molar-refractivity contribution in [3.63, 3.8) is 0 Å². The zero-order valence-corrected chi connectivity index (χ0v) is 11.6. The van der Waals surface area contributed by atoms with Crippen LogP contribution in [-0.2, 0) is 0 Å². The van der Waals surface area contributed by atoms with E-state index in [1.807, 2.05) is 0 Å². The Hall–Kier alpha value is -2.56. The molecule has 5 heteroatoms. The summed E-state index contributed by atoms with van der Waals surface area (Å²) in [6.45, 7) is 0.604. The first kappa shape index (κ1) is 14.8. The number of rotatable bonds is 6. The number of ether oxygens (including phenoxy) is 2. The van der Waals surface area contributed by atoms with Crippen LogP contribution in [0, 0.1) is 5.82 Å². The number of benzene rings is 2. The third-order valence-electron chi connectivity index (χ3n) is 2.78. The van der Waals surface area contributed by atoms with E-state index in [1.165, 1.54) is 18.3 Å². The predicted octanol–water partition coefficient (Wildman–Crippen LogP) is 3.04. The van der Waals surface area contributed by atoms with Crippen LogP contribution in [0.25, 0.3) is 0 Å². The second-order valence-electron chi connectivity index (χ2n) is 4.24. The number of aliphatic imine (C=N–C) groups is 1. The van der Waals surface area contributed by atoms with Crippen LogP contribution in [0.15, 0.2) is 47.5 Å². The average molecular weight is 289 g/mol. The molecule has 0 saturated carbocycles. The van der Waals surface area contributed by atoms with Gasteiger partial charge in [0.2, 0.25) is 0 Å². The van der Waals surface area contributed by atoms with Gasteiger partial charge in [0.1, 0.15) is 18.1 Å². The summed E-state index contributed by atoms with van der Waals surface area (Å²) in [5.74, 6) is 0.565. The highest BCUT2D eigenvalue weighted by atomic mass is 19.1. The Labute approximate surface area is 122 Å². The van der Waals surface area contributed by atoms with Gasteiger partial charge >= 0.3 is 0 Å². The van der Waals surface area contributed by atoms with Gasteiger partial charge in [0.25, 0.3) is 0 Å². The molecule has 110 valence electrons. The predicted molar refractivity (Wildman–Crippen MR) is 79.0 cm³/mol. The van der Waals surface area contributed by atoms with Crippen molar-refractivity contribution in [3.05, 3.63) is 53.8 Å². The molecule has 0 saturated heterocycles. The van der Waals surface area contributed by atoms with Crippen LogP contribution < -0.4 is 9.47 Å². The maximum absolute atomic E-state index is 13.3. The lowest BCUT2D eigenvalue weighted by Gasteiger charge is -2.05. The standard InChI is InChI=1S/C16H16FNO3/c1-20-13-6-7-15(19)12(10-13)11-18-8-9-21-16-5-3-2-4-14(16)17/h2-7,10-11,19H,8-9H2,1H3. The third-order valence-corrected chi connectivity index (χ3v) is 2.78. The Morgan fingerprint density at radius 2 is 2.05 bits per heavy atom. The molecule has 0 amide bonds. The van der Waals surface area contributed by atoms with Crippen molar-refractivity contribution in [3.8, 4) is 17.2 Å². The summed E-state index contributed by atoms with van der Waals surface area (Å²) in [6.07, 6.45) is 1.53. The van der Waals surface area contributed by atoms with Gasteiger partial charge in [0.05, 0.1) is 13.7 Å². The molecule has 0 aromatic heterocycles. The molecular weight excluding hydrogens is 273 g/mol. The van der Waals surface area contributed by atoms with Crippen LogP contribution in [-0.4, -0.2) is 31.6 Å². The van der Waals surface area contributed by atoms with Crippen LogP contribution in [0.5, 0.6) is 17.2 Å². The first-order valence-corrected chi connectivity index (χ1v) is 6.45. The smallest absolute Gasteiger partial charge is 0.165 e. The van der Waals surface area contributed by atoms with Gasteiger partial charge in [0.15, 0.2) is 11.6 Å². The van der Waals surface area contributed by atoms with Crippen molar-refractivity contribution in [2.24, 2.45) is 4.99 Å². The minimum Gasteiger partial charge on any atom is -0.507 e. The molecule has 0 aliphatic carbocycles. The average Bonchev–Trinajstić information content (AvgIpc) is 2.50. The highest BCUT2D eigenvalue weighted by Gasteiger charge is 2.01. The Morgan fingerprint density at radius 3 is 2.81 bits per heavy atom.